The number of thiazole rings is 1. The van der Waals surface area contributed by atoms with E-state index in [1.807, 2.05) is 5.38 Å². The minimum Gasteiger partial charge on any atom is -0.395 e. The fourth-order valence-corrected chi connectivity index (χ4v) is 2.23. The fourth-order valence-electron chi connectivity index (χ4n) is 1.61. The van der Waals surface area contributed by atoms with Crippen molar-refractivity contribution in [3.05, 3.63) is 46.2 Å². The van der Waals surface area contributed by atoms with Gasteiger partial charge < -0.3 is 10.4 Å². The molecule has 6 heteroatoms. The Morgan fingerprint density at radius 1 is 1.43 bits per heavy atom. The highest BCUT2D eigenvalue weighted by Gasteiger charge is 2.06. The van der Waals surface area contributed by atoms with Crippen molar-refractivity contribution in [2.24, 2.45) is 0 Å². The lowest BCUT2D eigenvalue weighted by molar-refractivity contribution is 0.0953. The summed E-state index contributed by atoms with van der Waals surface area (Å²) in [5.41, 5.74) is 1.14. The van der Waals surface area contributed by atoms with Crippen LogP contribution in [-0.2, 0) is 6.42 Å². The van der Waals surface area contributed by atoms with E-state index in [9.17, 15) is 4.79 Å². The first-order valence-corrected chi connectivity index (χ1v) is 7.39. The van der Waals surface area contributed by atoms with Crippen molar-refractivity contribution in [2.45, 2.75) is 12.8 Å². The van der Waals surface area contributed by atoms with E-state index in [2.05, 4.69) is 27.1 Å². The number of carbonyl (C=O) groups is 1. The molecule has 0 fully saturated rings. The highest BCUT2D eigenvalue weighted by molar-refractivity contribution is 7.09. The zero-order valence-corrected chi connectivity index (χ0v) is 12.2. The first kappa shape index (κ1) is 15.2. The lowest BCUT2D eigenvalue weighted by atomic mass is 10.2. The van der Waals surface area contributed by atoms with Gasteiger partial charge in [0, 0.05) is 48.9 Å². The second-order valence-corrected chi connectivity index (χ2v) is 5.15. The van der Waals surface area contributed by atoms with Crippen molar-refractivity contribution in [2.75, 3.05) is 13.2 Å². The summed E-state index contributed by atoms with van der Waals surface area (Å²) in [7, 11) is 0. The van der Waals surface area contributed by atoms with E-state index in [0.717, 1.165) is 5.01 Å². The molecule has 1 amide bonds. The fraction of sp³-hybridized carbons (Fsp3) is 0.267. The zero-order chi connectivity index (χ0) is 14.9. The van der Waals surface area contributed by atoms with E-state index in [4.69, 9.17) is 5.11 Å². The van der Waals surface area contributed by atoms with Crippen LogP contribution in [0.4, 0.5) is 0 Å². The molecular formula is C15H15N3O2S. The third-order valence-electron chi connectivity index (χ3n) is 2.58. The molecule has 2 heterocycles. The third-order valence-corrected chi connectivity index (χ3v) is 3.42. The number of hydrogen-bond acceptors (Lipinski definition) is 5. The summed E-state index contributed by atoms with van der Waals surface area (Å²) >= 11 is 1.57. The molecule has 0 radical (unpaired) electrons. The molecule has 2 rings (SSSR count). The number of amides is 1. The SMILES string of the molecule is O=C(NCCc1nccs1)c1cncc(C#CCCO)c1. The van der Waals surface area contributed by atoms with Crippen molar-refractivity contribution >= 4 is 17.2 Å². The van der Waals surface area contributed by atoms with E-state index in [1.54, 1.807) is 29.8 Å². The van der Waals surface area contributed by atoms with Gasteiger partial charge in [-0.05, 0) is 6.07 Å². The Hall–Kier alpha value is -2.23. The Balaban J connectivity index is 1.90. The largest absolute Gasteiger partial charge is 0.395 e. The van der Waals surface area contributed by atoms with E-state index in [0.29, 0.717) is 30.5 Å². The van der Waals surface area contributed by atoms with E-state index >= 15 is 0 Å². The maximum atomic E-state index is 12.0. The van der Waals surface area contributed by atoms with Crippen molar-refractivity contribution < 1.29 is 9.90 Å². The minimum atomic E-state index is -0.176. The van der Waals surface area contributed by atoms with Gasteiger partial charge in [-0.25, -0.2) is 4.98 Å². The number of carbonyl (C=O) groups excluding carboxylic acids is 1. The standard InChI is InChI=1S/C15H15N3O2S/c19-7-2-1-3-12-9-13(11-16-10-12)15(20)18-5-4-14-17-6-8-21-14/h6,8-11,19H,2,4-5,7H2,(H,18,20). The van der Waals surface area contributed by atoms with Crippen LogP contribution in [-0.4, -0.2) is 34.1 Å². The minimum absolute atomic E-state index is 0.0252. The number of hydrogen-bond donors (Lipinski definition) is 2. The summed E-state index contributed by atoms with van der Waals surface area (Å²) in [6.45, 7) is 0.560. The van der Waals surface area contributed by atoms with Crippen LogP contribution >= 0.6 is 11.3 Å². The van der Waals surface area contributed by atoms with Gasteiger partial charge in [-0.15, -0.1) is 11.3 Å². The zero-order valence-electron chi connectivity index (χ0n) is 11.4. The van der Waals surface area contributed by atoms with Gasteiger partial charge in [0.25, 0.3) is 5.91 Å². The topological polar surface area (TPSA) is 75.1 Å². The Labute approximate surface area is 127 Å². The maximum absolute atomic E-state index is 12.0. The van der Waals surface area contributed by atoms with Crippen LogP contribution in [0.15, 0.2) is 30.0 Å². The summed E-state index contributed by atoms with van der Waals surface area (Å²) in [4.78, 5) is 20.2. The Kier molecular flexibility index (Phi) is 5.88. The average Bonchev–Trinajstić information content (AvgIpc) is 3.01. The molecule has 0 aromatic carbocycles. The molecule has 0 saturated heterocycles. The highest BCUT2D eigenvalue weighted by atomic mass is 32.1. The van der Waals surface area contributed by atoms with Crippen LogP contribution in [0.2, 0.25) is 0 Å². The molecule has 108 valence electrons. The van der Waals surface area contributed by atoms with Crippen LogP contribution in [0.25, 0.3) is 0 Å². The van der Waals surface area contributed by atoms with Crippen molar-refractivity contribution in [1.82, 2.24) is 15.3 Å². The predicted molar refractivity (Wildman–Crippen MR) is 81.0 cm³/mol. The summed E-state index contributed by atoms with van der Waals surface area (Å²) < 4.78 is 0. The molecule has 2 N–H and O–H groups in total. The van der Waals surface area contributed by atoms with Crippen LogP contribution < -0.4 is 5.32 Å². The van der Waals surface area contributed by atoms with E-state index < -0.39 is 0 Å². The van der Waals surface area contributed by atoms with Crippen molar-refractivity contribution in [3.63, 3.8) is 0 Å². The number of nitrogens with zero attached hydrogens (tertiary/aromatic N) is 2. The van der Waals surface area contributed by atoms with Crippen LogP contribution in [0.5, 0.6) is 0 Å². The average molecular weight is 301 g/mol. The normalized spacial score (nSPS) is 9.76. The molecule has 0 aliphatic rings. The molecule has 21 heavy (non-hydrogen) atoms. The van der Waals surface area contributed by atoms with Gasteiger partial charge >= 0.3 is 0 Å². The molecule has 0 aliphatic heterocycles. The maximum Gasteiger partial charge on any atom is 0.252 e. The third kappa shape index (κ3) is 4.99. The molecule has 0 aliphatic carbocycles. The predicted octanol–water partition coefficient (Wildman–Crippen LogP) is 1.24. The monoisotopic (exact) mass is 301 g/mol. The van der Waals surface area contributed by atoms with Crippen molar-refractivity contribution in [1.29, 1.82) is 0 Å². The molecule has 0 unspecified atom stereocenters. The number of aliphatic hydroxyl groups is 1. The Morgan fingerprint density at radius 3 is 3.10 bits per heavy atom. The molecular weight excluding hydrogens is 286 g/mol. The molecule has 0 saturated carbocycles. The van der Waals surface area contributed by atoms with Crippen molar-refractivity contribution in [3.8, 4) is 11.8 Å². The highest BCUT2D eigenvalue weighted by Crippen LogP contribution is 2.04. The second-order valence-electron chi connectivity index (χ2n) is 4.17. The summed E-state index contributed by atoms with van der Waals surface area (Å²) in [6, 6.07) is 1.69. The van der Waals surface area contributed by atoms with Gasteiger partial charge in [-0.2, -0.15) is 0 Å². The Morgan fingerprint density at radius 2 is 2.33 bits per heavy atom. The number of aliphatic hydroxyl groups excluding tert-OH is 1. The summed E-state index contributed by atoms with van der Waals surface area (Å²) in [6.07, 6.45) is 5.98. The first-order chi connectivity index (χ1) is 10.3. The van der Waals surface area contributed by atoms with Crippen LogP contribution in [0.1, 0.15) is 27.3 Å². The lowest BCUT2D eigenvalue weighted by Gasteiger charge is -2.03. The molecule has 0 bridgehead atoms. The van der Waals surface area contributed by atoms with Gasteiger partial charge in [-0.3, -0.25) is 9.78 Å². The first-order valence-electron chi connectivity index (χ1n) is 6.51. The van der Waals surface area contributed by atoms with Crippen LogP contribution in [0.3, 0.4) is 0 Å². The number of aromatic nitrogens is 2. The smallest absolute Gasteiger partial charge is 0.252 e. The molecule has 5 nitrogen and oxygen atoms in total. The summed E-state index contributed by atoms with van der Waals surface area (Å²) in [5.74, 6) is 5.48. The molecule has 0 atom stereocenters. The van der Waals surface area contributed by atoms with E-state index in [1.165, 1.54) is 6.20 Å². The number of pyridine rings is 1. The second kappa shape index (κ2) is 8.15. The quantitative estimate of drug-likeness (QED) is 0.815. The molecule has 2 aromatic rings. The lowest BCUT2D eigenvalue weighted by Crippen LogP contribution is -2.25. The van der Waals surface area contributed by atoms with E-state index in [-0.39, 0.29) is 12.5 Å². The molecule has 0 spiro atoms. The van der Waals surface area contributed by atoms with Gasteiger partial charge in [0.05, 0.1) is 17.2 Å². The Bertz CT molecular complexity index is 644. The van der Waals surface area contributed by atoms with Crippen LogP contribution in [0, 0.1) is 11.8 Å². The molecule has 2 aromatic heterocycles. The summed E-state index contributed by atoms with van der Waals surface area (Å²) in [5, 5.41) is 14.4. The number of nitrogens with one attached hydrogen (secondary N) is 1. The van der Waals surface area contributed by atoms with Gasteiger partial charge in [0.1, 0.15) is 0 Å². The van der Waals surface area contributed by atoms with Gasteiger partial charge in [0.15, 0.2) is 0 Å². The van der Waals surface area contributed by atoms with Gasteiger partial charge in [-0.1, -0.05) is 11.8 Å². The number of rotatable bonds is 5. The van der Waals surface area contributed by atoms with Gasteiger partial charge in [0.2, 0.25) is 0 Å².